The van der Waals surface area contributed by atoms with E-state index in [1.807, 2.05) is 4.90 Å². The van der Waals surface area contributed by atoms with E-state index in [0.717, 1.165) is 13.0 Å². The Morgan fingerprint density at radius 2 is 1.92 bits per heavy atom. The number of hydrogen-bond donors (Lipinski definition) is 0. The van der Waals surface area contributed by atoms with Gasteiger partial charge >= 0.3 is 0 Å². The lowest BCUT2D eigenvalue weighted by Crippen LogP contribution is -2.34. The summed E-state index contributed by atoms with van der Waals surface area (Å²) < 4.78 is 0. The molecule has 1 atom stereocenters. The van der Waals surface area contributed by atoms with Crippen molar-refractivity contribution in [2.24, 2.45) is 11.8 Å². The second-order valence-corrected chi connectivity index (χ2v) is 4.26. The first-order chi connectivity index (χ1) is 5.54. The van der Waals surface area contributed by atoms with Gasteiger partial charge in [0.2, 0.25) is 5.91 Å². The number of hydrogen-bond acceptors (Lipinski definition) is 1. The highest BCUT2D eigenvalue weighted by Gasteiger charge is 2.34. The Labute approximate surface area is 74.9 Å². The number of amides is 1. The summed E-state index contributed by atoms with van der Waals surface area (Å²) in [7, 11) is 0. The van der Waals surface area contributed by atoms with Crippen molar-refractivity contribution in [1.29, 1.82) is 0 Å². The molecule has 1 saturated heterocycles. The molecule has 1 fully saturated rings. The van der Waals surface area contributed by atoms with E-state index < -0.39 is 0 Å². The van der Waals surface area contributed by atoms with E-state index in [-0.39, 0.29) is 5.92 Å². The van der Waals surface area contributed by atoms with Gasteiger partial charge in [-0.1, -0.05) is 13.8 Å². The summed E-state index contributed by atoms with van der Waals surface area (Å²) in [4.78, 5) is 13.7. The van der Waals surface area contributed by atoms with E-state index in [9.17, 15) is 4.79 Å². The van der Waals surface area contributed by atoms with Gasteiger partial charge in [0.1, 0.15) is 0 Å². The molecular formula is C10H19NO. The Kier molecular flexibility index (Phi) is 2.76. The zero-order valence-electron chi connectivity index (χ0n) is 8.50. The molecule has 0 aromatic carbocycles. The van der Waals surface area contributed by atoms with Crippen LogP contribution in [0.25, 0.3) is 0 Å². The average molecular weight is 169 g/mol. The van der Waals surface area contributed by atoms with Gasteiger partial charge in [-0.15, -0.1) is 0 Å². The Bertz CT molecular complexity index is 157. The summed E-state index contributed by atoms with van der Waals surface area (Å²) in [5.74, 6) is 1.15. The molecule has 0 bridgehead atoms. The molecule has 1 heterocycles. The lowest BCUT2D eigenvalue weighted by molar-refractivity contribution is -0.133. The Morgan fingerprint density at radius 3 is 2.17 bits per heavy atom. The lowest BCUT2D eigenvalue weighted by atomic mass is 9.95. The molecule has 1 rings (SSSR count). The summed E-state index contributed by atoms with van der Waals surface area (Å²) in [5, 5.41) is 0. The first-order valence-electron chi connectivity index (χ1n) is 4.84. The zero-order valence-corrected chi connectivity index (χ0v) is 8.50. The van der Waals surface area contributed by atoms with Gasteiger partial charge < -0.3 is 4.90 Å². The molecule has 1 aliphatic rings. The Morgan fingerprint density at radius 1 is 1.33 bits per heavy atom. The van der Waals surface area contributed by atoms with Gasteiger partial charge in [-0.05, 0) is 26.2 Å². The van der Waals surface area contributed by atoms with Crippen molar-refractivity contribution in [2.45, 2.75) is 40.2 Å². The van der Waals surface area contributed by atoms with Crippen LogP contribution in [0, 0.1) is 11.8 Å². The van der Waals surface area contributed by atoms with Crippen LogP contribution in [0.1, 0.15) is 34.1 Å². The second kappa shape index (κ2) is 3.46. The predicted octanol–water partition coefficient (Wildman–Crippen LogP) is 1.90. The summed E-state index contributed by atoms with van der Waals surface area (Å²) in [6.07, 6.45) is 1.05. The highest BCUT2D eigenvalue weighted by Crippen LogP contribution is 2.26. The van der Waals surface area contributed by atoms with Gasteiger partial charge in [-0.2, -0.15) is 0 Å². The summed E-state index contributed by atoms with van der Waals surface area (Å²) in [6.45, 7) is 9.39. The van der Waals surface area contributed by atoms with E-state index in [1.54, 1.807) is 0 Å². The third kappa shape index (κ3) is 1.62. The largest absolute Gasteiger partial charge is 0.340 e. The molecule has 0 unspecified atom stereocenters. The monoisotopic (exact) mass is 169 g/mol. The fourth-order valence-electron chi connectivity index (χ4n) is 1.86. The SMILES string of the molecule is CC(C)[C@H]1CCN(C(C)C)C1=O. The first kappa shape index (κ1) is 9.56. The van der Waals surface area contributed by atoms with E-state index in [1.165, 1.54) is 0 Å². The van der Waals surface area contributed by atoms with E-state index in [4.69, 9.17) is 0 Å². The zero-order chi connectivity index (χ0) is 9.30. The Hall–Kier alpha value is -0.530. The van der Waals surface area contributed by atoms with Crippen molar-refractivity contribution in [1.82, 2.24) is 4.90 Å². The lowest BCUT2D eigenvalue weighted by Gasteiger charge is -2.21. The van der Waals surface area contributed by atoms with Gasteiger partial charge in [-0.25, -0.2) is 0 Å². The van der Waals surface area contributed by atoms with Gasteiger partial charge in [0.25, 0.3) is 0 Å². The van der Waals surface area contributed by atoms with Crippen LogP contribution >= 0.6 is 0 Å². The molecule has 0 saturated carbocycles. The average Bonchev–Trinajstić information content (AvgIpc) is 2.30. The van der Waals surface area contributed by atoms with Crippen molar-refractivity contribution >= 4 is 5.91 Å². The van der Waals surface area contributed by atoms with Crippen LogP contribution in [0.2, 0.25) is 0 Å². The molecule has 0 spiro atoms. The summed E-state index contributed by atoms with van der Waals surface area (Å²) >= 11 is 0. The van der Waals surface area contributed by atoms with Crippen LogP contribution in [-0.2, 0) is 4.79 Å². The van der Waals surface area contributed by atoms with Crippen LogP contribution in [0.4, 0.5) is 0 Å². The van der Waals surface area contributed by atoms with Crippen molar-refractivity contribution in [3.05, 3.63) is 0 Å². The minimum absolute atomic E-state index is 0.285. The number of rotatable bonds is 2. The maximum Gasteiger partial charge on any atom is 0.226 e. The topological polar surface area (TPSA) is 20.3 Å². The van der Waals surface area contributed by atoms with Crippen LogP contribution in [0.5, 0.6) is 0 Å². The Balaban J connectivity index is 2.61. The highest BCUT2D eigenvalue weighted by atomic mass is 16.2. The van der Waals surface area contributed by atoms with Crippen LogP contribution in [0.3, 0.4) is 0 Å². The summed E-state index contributed by atoms with van der Waals surface area (Å²) in [6, 6.07) is 0.376. The van der Waals surface area contributed by atoms with Crippen LogP contribution in [-0.4, -0.2) is 23.4 Å². The quantitative estimate of drug-likeness (QED) is 0.618. The third-order valence-electron chi connectivity index (χ3n) is 2.71. The van der Waals surface area contributed by atoms with Crippen molar-refractivity contribution in [2.75, 3.05) is 6.54 Å². The van der Waals surface area contributed by atoms with Crippen molar-refractivity contribution in [3.63, 3.8) is 0 Å². The molecule has 1 aliphatic heterocycles. The molecule has 70 valence electrons. The molecule has 1 amide bonds. The molecule has 2 heteroatoms. The maximum atomic E-state index is 11.7. The molecular weight excluding hydrogens is 150 g/mol. The molecule has 0 aromatic heterocycles. The molecule has 0 radical (unpaired) electrons. The standard InChI is InChI=1S/C10H19NO/c1-7(2)9-5-6-11(8(3)4)10(9)12/h7-9H,5-6H2,1-4H3/t9-/m1/s1. The molecule has 2 nitrogen and oxygen atoms in total. The normalized spacial score (nSPS) is 24.7. The number of nitrogens with zero attached hydrogens (tertiary/aromatic N) is 1. The smallest absolute Gasteiger partial charge is 0.226 e. The van der Waals surface area contributed by atoms with E-state index in [2.05, 4.69) is 27.7 Å². The van der Waals surface area contributed by atoms with E-state index >= 15 is 0 Å². The minimum atomic E-state index is 0.285. The van der Waals surface area contributed by atoms with Gasteiger partial charge in [-0.3, -0.25) is 4.79 Å². The maximum absolute atomic E-state index is 11.7. The van der Waals surface area contributed by atoms with Crippen LogP contribution in [0.15, 0.2) is 0 Å². The van der Waals surface area contributed by atoms with Crippen molar-refractivity contribution < 1.29 is 4.79 Å². The number of carbonyl (C=O) groups is 1. The molecule has 0 aliphatic carbocycles. The number of carbonyl (C=O) groups excluding carboxylic acids is 1. The number of likely N-dealkylation sites (tertiary alicyclic amines) is 1. The first-order valence-corrected chi connectivity index (χ1v) is 4.84. The van der Waals surface area contributed by atoms with Crippen molar-refractivity contribution in [3.8, 4) is 0 Å². The summed E-state index contributed by atoms with van der Waals surface area (Å²) in [5.41, 5.74) is 0. The second-order valence-electron chi connectivity index (χ2n) is 4.26. The van der Waals surface area contributed by atoms with Gasteiger partial charge in [0.05, 0.1) is 0 Å². The van der Waals surface area contributed by atoms with Crippen LogP contribution < -0.4 is 0 Å². The van der Waals surface area contributed by atoms with Gasteiger partial charge in [0, 0.05) is 18.5 Å². The van der Waals surface area contributed by atoms with E-state index in [0.29, 0.717) is 17.9 Å². The van der Waals surface area contributed by atoms with Gasteiger partial charge in [0.15, 0.2) is 0 Å². The highest BCUT2D eigenvalue weighted by molar-refractivity contribution is 5.81. The third-order valence-corrected chi connectivity index (χ3v) is 2.71. The molecule has 0 N–H and O–H groups in total. The molecule has 12 heavy (non-hydrogen) atoms. The fraction of sp³-hybridized carbons (Fsp3) is 0.900. The predicted molar refractivity (Wildman–Crippen MR) is 49.8 cm³/mol. The minimum Gasteiger partial charge on any atom is -0.340 e. The molecule has 0 aromatic rings. The fourth-order valence-corrected chi connectivity index (χ4v) is 1.86.